The highest BCUT2D eigenvalue weighted by atomic mass is 16.5. The highest BCUT2D eigenvalue weighted by Gasteiger charge is 2.24. The number of hydrogen-bond acceptors (Lipinski definition) is 4. The van der Waals surface area contributed by atoms with Gasteiger partial charge in [0.25, 0.3) is 5.91 Å². The lowest BCUT2D eigenvalue weighted by molar-refractivity contribution is 0.0979. The van der Waals surface area contributed by atoms with Gasteiger partial charge in [-0.1, -0.05) is 48.5 Å². The predicted octanol–water partition coefficient (Wildman–Crippen LogP) is 3.65. The molecule has 26 heavy (non-hydrogen) atoms. The third-order valence-corrected chi connectivity index (χ3v) is 4.45. The molecule has 1 aliphatic heterocycles. The molecule has 1 aromatic heterocycles. The Labute approximate surface area is 152 Å². The minimum atomic E-state index is -0.121. The molecule has 0 fully saturated rings. The molecule has 0 bridgehead atoms. The molecule has 0 N–H and O–H groups in total. The number of aryl methyl sites for hydroxylation is 1. The monoisotopic (exact) mass is 345 g/mol. The van der Waals surface area contributed by atoms with E-state index in [1.165, 1.54) is 11.9 Å². The van der Waals surface area contributed by atoms with E-state index < -0.39 is 0 Å². The van der Waals surface area contributed by atoms with Crippen molar-refractivity contribution in [2.45, 2.75) is 19.4 Å². The van der Waals surface area contributed by atoms with Crippen molar-refractivity contribution >= 4 is 11.6 Å². The molecule has 5 heteroatoms. The fourth-order valence-electron chi connectivity index (χ4n) is 3.15. The standard InChI is InChI=1S/C21H19N3O2/c25-21(24-12-6-10-17-9-4-5-11-19(17)24)18-13-20(23-15-22-18)26-14-16-7-2-1-3-8-16/h1-5,7-9,11,13,15H,6,10,12,14H2. The number of aromatic nitrogens is 2. The van der Waals surface area contributed by atoms with E-state index in [1.807, 2.05) is 48.5 Å². The molecule has 1 amide bonds. The molecule has 0 saturated carbocycles. The van der Waals surface area contributed by atoms with Gasteiger partial charge in [0, 0.05) is 18.3 Å². The van der Waals surface area contributed by atoms with Crippen molar-refractivity contribution in [1.82, 2.24) is 9.97 Å². The van der Waals surface area contributed by atoms with E-state index >= 15 is 0 Å². The maximum absolute atomic E-state index is 13.0. The zero-order valence-corrected chi connectivity index (χ0v) is 14.3. The average molecular weight is 345 g/mol. The lowest BCUT2D eigenvalue weighted by Gasteiger charge is -2.29. The van der Waals surface area contributed by atoms with Crippen molar-refractivity contribution in [2.75, 3.05) is 11.4 Å². The molecule has 0 unspecified atom stereocenters. The van der Waals surface area contributed by atoms with Crippen LogP contribution in [0.1, 0.15) is 28.0 Å². The molecule has 5 nitrogen and oxygen atoms in total. The number of ether oxygens (including phenoxy) is 1. The van der Waals surface area contributed by atoms with Gasteiger partial charge in [0.05, 0.1) is 0 Å². The second-order valence-electron chi connectivity index (χ2n) is 6.20. The second kappa shape index (κ2) is 7.35. The number of carbonyl (C=O) groups excluding carboxylic acids is 1. The number of carbonyl (C=O) groups is 1. The number of amides is 1. The molecule has 0 aliphatic carbocycles. The van der Waals surface area contributed by atoms with Crippen molar-refractivity contribution in [2.24, 2.45) is 0 Å². The first kappa shape index (κ1) is 16.3. The van der Waals surface area contributed by atoms with E-state index in [4.69, 9.17) is 4.74 Å². The predicted molar refractivity (Wildman–Crippen MR) is 99.2 cm³/mol. The summed E-state index contributed by atoms with van der Waals surface area (Å²) in [5, 5.41) is 0. The van der Waals surface area contributed by atoms with Crippen LogP contribution in [0.15, 0.2) is 67.0 Å². The van der Waals surface area contributed by atoms with Crippen LogP contribution in [0.5, 0.6) is 5.88 Å². The molecular formula is C21H19N3O2. The molecule has 2 aromatic carbocycles. The number of rotatable bonds is 4. The van der Waals surface area contributed by atoms with Crippen LogP contribution < -0.4 is 9.64 Å². The van der Waals surface area contributed by atoms with Gasteiger partial charge < -0.3 is 9.64 Å². The molecule has 130 valence electrons. The van der Waals surface area contributed by atoms with E-state index in [9.17, 15) is 4.79 Å². The Morgan fingerprint density at radius 1 is 1.04 bits per heavy atom. The van der Waals surface area contributed by atoms with Gasteiger partial charge in [0.15, 0.2) is 0 Å². The summed E-state index contributed by atoms with van der Waals surface area (Å²) in [6, 6.07) is 19.5. The summed E-state index contributed by atoms with van der Waals surface area (Å²) in [6.07, 6.45) is 3.32. The minimum Gasteiger partial charge on any atom is -0.473 e. The maximum atomic E-state index is 13.0. The molecule has 2 heterocycles. The van der Waals surface area contributed by atoms with Crippen molar-refractivity contribution in [3.05, 3.63) is 83.8 Å². The zero-order valence-electron chi connectivity index (χ0n) is 14.3. The van der Waals surface area contributed by atoms with E-state index in [0.717, 1.165) is 24.1 Å². The Hall–Kier alpha value is -3.21. The van der Waals surface area contributed by atoms with Gasteiger partial charge in [-0.05, 0) is 30.0 Å². The molecule has 0 spiro atoms. The molecule has 0 atom stereocenters. The molecular weight excluding hydrogens is 326 g/mol. The summed E-state index contributed by atoms with van der Waals surface area (Å²) in [4.78, 5) is 23.0. The summed E-state index contributed by atoms with van der Waals surface area (Å²) >= 11 is 0. The molecule has 0 saturated heterocycles. The van der Waals surface area contributed by atoms with Crippen LogP contribution in [0.2, 0.25) is 0 Å². The first-order chi connectivity index (χ1) is 12.8. The summed E-state index contributed by atoms with van der Waals surface area (Å²) in [5.41, 5.74) is 3.56. The largest absolute Gasteiger partial charge is 0.473 e. The second-order valence-corrected chi connectivity index (χ2v) is 6.20. The Kier molecular flexibility index (Phi) is 4.60. The van der Waals surface area contributed by atoms with Crippen molar-refractivity contribution in [3.63, 3.8) is 0 Å². The van der Waals surface area contributed by atoms with Crippen molar-refractivity contribution < 1.29 is 9.53 Å². The summed E-state index contributed by atoms with van der Waals surface area (Å²) in [7, 11) is 0. The highest BCUT2D eigenvalue weighted by Crippen LogP contribution is 2.28. The summed E-state index contributed by atoms with van der Waals surface area (Å²) in [6.45, 7) is 1.10. The first-order valence-corrected chi connectivity index (χ1v) is 8.70. The van der Waals surface area contributed by atoms with Crippen LogP contribution in [0.4, 0.5) is 5.69 Å². The fourth-order valence-corrected chi connectivity index (χ4v) is 3.15. The van der Waals surface area contributed by atoms with Crippen LogP contribution in [0.3, 0.4) is 0 Å². The SMILES string of the molecule is O=C(c1cc(OCc2ccccc2)ncn1)N1CCCc2ccccc21. The molecule has 3 aromatic rings. The van der Waals surface area contributed by atoms with E-state index in [-0.39, 0.29) is 5.91 Å². The van der Waals surface area contributed by atoms with Gasteiger partial charge in [-0.15, -0.1) is 0 Å². The van der Waals surface area contributed by atoms with Crippen LogP contribution >= 0.6 is 0 Å². The molecule has 1 aliphatic rings. The number of nitrogens with zero attached hydrogens (tertiary/aromatic N) is 3. The van der Waals surface area contributed by atoms with E-state index in [2.05, 4.69) is 16.0 Å². The Morgan fingerprint density at radius 3 is 2.73 bits per heavy atom. The number of fused-ring (bicyclic) bond motifs is 1. The summed E-state index contributed by atoms with van der Waals surface area (Å²) < 4.78 is 5.72. The third-order valence-electron chi connectivity index (χ3n) is 4.45. The lowest BCUT2D eigenvalue weighted by atomic mass is 10.0. The minimum absolute atomic E-state index is 0.121. The topological polar surface area (TPSA) is 55.3 Å². The van der Waals surface area contributed by atoms with Crippen LogP contribution in [0, 0.1) is 0 Å². The van der Waals surface area contributed by atoms with Gasteiger partial charge in [0.1, 0.15) is 18.6 Å². The Balaban J connectivity index is 1.52. The molecule has 4 rings (SSSR count). The van der Waals surface area contributed by atoms with Crippen LogP contribution in [-0.2, 0) is 13.0 Å². The Morgan fingerprint density at radius 2 is 1.85 bits per heavy atom. The average Bonchev–Trinajstić information content (AvgIpc) is 2.72. The zero-order chi connectivity index (χ0) is 17.8. The Bertz CT molecular complexity index is 912. The van der Waals surface area contributed by atoms with Gasteiger partial charge in [0.2, 0.25) is 5.88 Å². The maximum Gasteiger partial charge on any atom is 0.277 e. The summed E-state index contributed by atoms with van der Waals surface area (Å²) in [5.74, 6) is 0.279. The third kappa shape index (κ3) is 3.42. The van der Waals surface area contributed by atoms with Crippen molar-refractivity contribution in [1.29, 1.82) is 0 Å². The smallest absolute Gasteiger partial charge is 0.277 e. The van der Waals surface area contributed by atoms with Gasteiger partial charge in [-0.2, -0.15) is 0 Å². The lowest BCUT2D eigenvalue weighted by Crippen LogP contribution is -2.36. The number of hydrogen-bond donors (Lipinski definition) is 0. The normalized spacial score (nSPS) is 13.2. The van der Waals surface area contributed by atoms with Crippen molar-refractivity contribution in [3.8, 4) is 5.88 Å². The highest BCUT2D eigenvalue weighted by molar-refractivity contribution is 6.05. The number of benzene rings is 2. The van der Waals surface area contributed by atoms with Gasteiger partial charge >= 0.3 is 0 Å². The number of para-hydroxylation sites is 1. The number of anilines is 1. The van der Waals surface area contributed by atoms with Gasteiger partial charge in [-0.25, -0.2) is 9.97 Å². The quantitative estimate of drug-likeness (QED) is 0.724. The molecule has 0 radical (unpaired) electrons. The van der Waals surface area contributed by atoms with E-state index in [1.54, 1.807) is 11.0 Å². The van der Waals surface area contributed by atoms with Crippen LogP contribution in [0.25, 0.3) is 0 Å². The van der Waals surface area contributed by atoms with Crippen LogP contribution in [-0.4, -0.2) is 22.4 Å². The van der Waals surface area contributed by atoms with E-state index in [0.29, 0.717) is 24.7 Å². The fraction of sp³-hybridized carbons (Fsp3) is 0.190. The van der Waals surface area contributed by atoms with Gasteiger partial charge in [-0.3, -0.25) is 4.79 Å². The first-order valence-electron chi connectivity index (χ1n) is 8.70.